The second kappa shape index (κ2) is 5.85. The van der Waals surface area contributed by atoms with Gasteiger partial charge in [-0.05, 0) is 24.3 Å². The molecule has 0 radical (unpaired) electrons. The van der Waals surface area contributed by atoms with Crippen LogP contribution in [0.25, 0.3) is 17.0 Å². The molecule has 2 nitrogen and oxygen atoms in total. The van der Waals surface area contributed by atoms with Crippen molar-refractivity contribution in [1.82, 2.24) is 4.98 Å². The van der Waals surface area contributed by atoms with E-state index in [1.54, 1.807) is 0 Å². The van der Waals surface area contributed by atoms with E-state index >= 15 is 0 Å². The van der Waals surface area contributed by atoms with Crippen molar-refractivity contribution in [2.24, 2.45) is 0 Å². The van der Waals surface area contributed by atoms with E-state index in [2.05, 4.69) is 71.7 Å². The fraction of sp³-hybridized carbons (Fsp3) is 0.0417. The van der Waals surface area contributed by atoms with Gasteiger partial charge < -0.3 is 4.74 Å². The summed E-state index contributed by atoms with van der Waals surface area (Å²) in [5, 5.41) is 1.03. The molecule has 1 aliphatic heterocycles. The maximum absolute atomic E-state index is 6.78. The highest BCUT2D eigenvalue weighted by Crippen LogP contribution is 2.44. The third-order valence-electron chi connectivity index (χ3n) is 4.92. The molecule has 26 heavy (non-hydrogen) atoms. The van der Waals surface area contributed by atoms with Crippen LogP contribution in [0.2, 0.25) is 0 Å². The number of nitrogens with zero attached hydrogens (tertiary/aromatic N) is 1. The number of rotatable bonds is 2. The van der Waals surface area contributed by atoms with Gasteiger partial charge in [0.1, 0.15) is 5.75 Å². The first-order valence-electron chi connectivity index (χ1n) is 8.74. The van der Waals surface area contributed by atoms with Gasteiger partial charge >= 0.3 is 0 Å². The lowest BCUT2D eigenvalue weighted by Gasteiger charge is -2.36. The van der Waals surface area contributed by atoms with Gasteiger partial charge in [-0.3, -0.25) is 4.98 Å². The molecule has 0 saturated heterocycles. The lowest BCUT2D eigenvalue weighted by atomic mass is 9.83. The molecular weight excluding hydrogens is 318 g/mol. The first-order valence-corrected chi connectivity index (χ1v) is 8.74. The zero-order valence-corrected chi connectivity index (χ0v) is 14.2. The summed E-state index contributed by atoms with van der Waals surface area (Å²) in [7, 11) is 0. The summed E-state index contributed by atoms with van der Waals surface area (Å²) in [5.74, 6) is 0.880. The minimum Gasteiger partial charge on any atom is -0.472 e. The monoisotopic (exact) mass is 335 g/mol. The minimum absolute atomic E-state index is 0.653. The van der Waals surface area contributed by atoms with Gasteiger partial charge in [-0.25, -0.2) is 0 Å². The molecule has 0 fully saturated rings. The molecule has 1 aliphatic rings. The second-order valence-corrected chi connectivity index (χ2v) is 6.46. The van der Waals surface area contributed by atoms with E-state index < -0.39 is 5.60 Å². The van der Waals surface area contributed by atoms with Gasteiger partial charge in [-0.2, -0.15) is 0 Å². The Morgan fingerprint density at radius 1 is 0.692 bits per heavy atom. The fourth-order valence-electron chi connectivity index (χ4n) is 3.61. The Labute approximate surface area is 152 Å². The maximum atomic E-state index is 6.78. The van der Waals surface area contributed by atoms with Crippen LogP contribution in [0.15, 0.2) is 97.2 Å². The molecular formula is C24H17NO. The topological polar surface area (TPSA) is 22.1 Å². The average Bonchev–Trinajstić information content (AvgIpc) is 2.74. The molecule has 0 amide bonds. The van der Waals surface area contributed by atoms with Crippen LogP contribution in [-0.2, 0) is 5.60 Å². The Morgan fingerprint density at radius 2 is 1.31 bits per heavy atom. The molecule has 4 aromatic rings. The standard InChI is InChI=1S/C24H17NO/c1-3-9-19(10-4-1)24(20-11-5-2-6-12-20)16-15-18-17-25-22-14-8-7-13-21(22)23(18)26-24/h1-17H. The van der Waals surface area contributed by atoms with Crippen LogP contribution in [0.3, 0.4) is 0 Å². The molecule has 2 heteroatoms. The number of hydrogen-bond acceptors (Lipinski definition) is 2. The van der Waals surface area contributed by atoms with Crippen molar-refractivity contribution in [3.8, 4) is 5.75 Å². The average molecular weight is 335 g/mol. The number of benzene rings is 3. The largest absolute Gasteiger partial charge is 0.472 e. The van der Waals surface area contributed by atoms with Crippen molar-refractivity contribution < 1.29 is 4.74 Å². The van der Waals surface area contributed by atoms with Crippen molar-refractivity contribution in [1.29, 1.82) is 0 Å². The van der Waals surface area contributed by atoms with Crippen LogP contribution >= 0.6 is 0 Å². The summed E-state index contributed by atoms with van der Waals surface area (Å²) in [6.45, 7) is 0. The predicted octanol–water partition coefficient (Wildman–Crippen LogP) is 5.58. The summed E-state index contributed by atoms with van der Waals surface area (Å²) >= 11 is 0. The molecule has 0 atom stereocenters. The van der Waals surface area contributed by atoms with E-state index in [0.29, 0.717) is 0 Å². The van der Waals surface area contributed by atoms with Crippen molar-refractivity contribution in [2.75, 3.05) is 0 Å². The van der Waals surface area contributed by atoms with E-state index in [1.807, 2.05) is 36.5 Å². The van der Waals surface area contributed by atoms with Gasteiger partial charge in [-0.15, -0.1) is 0 Å². The lowest BCUT2D eigenvalue weighted by molar-refractivity contribution is 0.163. The van der Waals surface area contributed by atoms with E-state index in [1.165, 1.54) is 0 Å². The summed E-state index contributed by atoms with van der Waals surface area (Å²) in [6.07, 6.45) is 6.14. The molecule has 5 rings (SSSR count). The second-order valence-electron chi connectivity index (χ2n) is 6.46. The van der Waals surface area contributed by atoms with Gasteiger partial charge in [-0.1, -0.05) is 72.8 Å². The Morgan fingerprint density at radius 3 is 2.00 bits per heavy atom. The molecule has 0 spiro atoms. The molecule has 3 aromatic carbocycles. The van der Waals surface area contributed by atoms with Crippen molar-refractivity contribution in [2.45, 2.75) is 5.60 Å². The van der Waals surface area contributed by atoms with Crippen LogP contribution in [0.4, 0.5) is 0 Å². The third-order valence-corrected chi connectivity index (χ3v) is 4.92. The highest BCUT2D eigenvalue weighted by atomic mass is 16.5. The normalized spacial score (nSPS) is 14.6. The predicted molar refractivity (Wildman–Crippen MR) is 105 cm³/mol. The van der Waals surface area contributed by atoms with Gasteiger partial charge in [0.15, 0.2) is 5.60 Å². The molecule has 0 bridgehead atoms. The highest BCUT2D eigenvalue weighted by molar-refractivity contribution is 5.89. The van der Waals surface area contributed by atoms with Gasteiger partial charge in [0, 0.05) is 28.3 Å². The van der Waals surface area contributed by atoms with Crippen molar-refractivity contribution in [3.05, 3.63) is 114 Å². The van der Waals surface area contributed by atoms with Crippen LogP contribution in [0.5, 0.6) is 5.75 Å². The van der Waals surface area contributed by atoms with Crippen LogP contribution in [0.1, 0.15) is 16.7 Å². The molecule has 0 unspecified atom stereocenters. The number of ether oxygens (including phenoxy) is 1. The SMILES string of the molecule is C1=CC(c2ccccc2)(c2ccccc2)Oc2c1cnc1ccccc21. The molecule has 124 valence electrons. The first kappa shape index (κ1) is 14.9. The fourth-order valence-corrected chi connectivity index (χ4v) is 3.61. The van der Waals surface area contributed by atoms with Crippen molar-refractivity contribution in [3.63, 3.8) is 0 Å². The number of para-hydroxylation sites is 1. The van der Waals surface area contributed by atoms with E-state index in [9.17, 15) is 0 Å². The summed E-state index contributed by atoms with van der Waals surface area (Å²) in [4.78, 5) is 4.56. The molecule has 1 aromatic heterocycles. The van der Waals surface area contributed by atoms with Crippen LogP contribution in [0, 0.1) is 0 Å². The summed E-state index contributed by atoms with van der Waals surface area (Å²) < 4.78 is 6.78. The Balaban J connectivity index is 1.78. The zero-order valence-electron chi connectivity index (χ0n) is 14.2. The quantitative estimate of drug-likeness (QED) is 0.477. The smallest absolute Gasteiger partial charge is 0.178 e. The minimum atomic E-state index is -0.653. The van der Waals surface area contributed by atoms with Gasteiger partial charge in [0.2, 0.25) is 0 Å². The van der Waals surface area contributed by atoms with Crippen LogP contribution < -0.4 is 4.74 Å². The van der Waals surface area contributed by atoms with Gasteiger partial charge in [0.05, 0.1) is 5.52 Å². The number of aromatic nitrogens is 1. The zero-order chi connectivity index (χ0) is 17.4. The summed E-state index contributed by atoms with van der Waals surface area (Å²) in [5.41, 5.74) is 3.50. The molecule has 0 N–H and O–H groups in total. The Kier molecular flexibility index (Phi) is 3.36. The Bertz CT molecular complexity index is 1060. The third kappa shape index (κ3) is 2.23. The van der Waals surface area contributed by atoms with E-state index in [4.69, 9.17) is 4.74 Å². The molecule has 0 aliphatic carbocycles. The van der Waals surface area contributed by atoms with Gasteiger partial charge in [0.25, 0.3) is 0 Å². The van der Waals surface area contributed by atoms with E-state index in [0.717, 1.165) is 33.3 Å². The number of hydrogen-bond donors (Lipinski definition) is 0. The molecule has 2 heterocycles. The van der Waals surface area contributed by atoms with E-state index in [-0.39, 0.29) is 0 Å². The van der Waals surface area contributed by atoms with Crippen molar-refractivity contribution >= 4 is 17.0 Å². The Hall–Kier alpha value is -3.39. The molecule has 0 saturated carbocycles. The lowest BCUT2D eigenvalue weighted by Crippen LogP contribution is -2.34. The highest BCUT2D eigenvalue weighted by Gasteiger charge is 2.37. The van der Waals surface area contributed by atoms with Crippen LogP contribution in [-0.4, -0.2) is 4.98 Å². The summed E-state index contributed by atoms with van der Waals surface area (Å²) in [6, 6.07) is 28.9. The first-order chi connectivity index (χ1) is 12.9. The maximum Gasteiger partial charge on any atom is 0.178 e. The number of fused-ring (bicyclic) bond motifs is 3. The number of pyridine rings is 1.